The predicted molar refractivity (Wildman–Crippen MR) is 57.8 cm³/mol. The SMILES string of the molecule is Nc1ccc(Br)c(C(O)C(=O)O)c1OC(F)(F)F. The highest BCUT2D eigenvalue weighted by Gasteiger charge is 2.35. The van der Waals surface area contributed by atoms with Gasteiger partial charge in [-0.3, -0.25) is 0 Å². The Labute approximate surface area is 107 Å². The number of alkyl halides is 3. The van der Waals surface area contributed by atoms with Crippen LogP contribution in [0.1, 0.15) is 11.7 Å². The molecule has 1 atom stereocenters. The van der Waals surface area contributed by atoms with E-state index >= 15 is 0 Å². The first-order valence-corrected chi connectivity index (χ1v) is 5.17. The van der Waals surface area contributed by atoms with Crippen LogP contribution in [0.25, 0.3) is 0 Å². The first-order valence-electron chi connectivity index (χ1n) is 4.38. The molecule has 0 radical (unpaired) electrons. The minimum absolute atomic E-state index is 0.0640. The van der Waals surface area contributed by atoms with E-state index in [0.717, 1.165) is 6.07 Å². The number of ether oxygens (including phenoxy) is 1. The number of aliphatic carboxylic acids is 1. The Kier molecular flexibility index (Phi) is 4.07. The molecule has 0 amide bonds. The van der Waals surface area contributed by atoms with Crippen molar-refractivity contribution in [2.75, 3.05) is 5.73 Å². The van der Waals surface area contributed by atoms with E-state index in [9.17, 15) is 23.1 Å². The molecule has 0 fully saturated rings. The van der Waals surface area contributed by atoms with Crippen LogP contribution in [-0.4, -0.2) is 22.5 Å². The molecule has 5 nitrogen and oxygen atoms in total. The molecule has 4 N–H and O–H groups in total. The highest BCUT2D eigenvalue weighted by atomic mass is 79.9. The summed E-state index contributed by atoms with van der Waals surface area (Å²) in [6.45, 7) is 0. The van der Waals surface area contributed by atoms with Gasteiger partial charge in [-0.15, -0.1) is 13.2 Å². The van der Waals surface area contributed by atoms with Crippen molar-refractivity contribution in [2.45, 2.75) is 12.5 Å². The Balaban J connectivity index is 3.38. The molecule has 0 aromatic heterocycles. The summed E-state index contributed by atoms with van der Waals surface area (Å²) < 4.78 is 40.1. The summed E-state index contributed by atoms with van der Waals surface area (Å²) in [5.74, 6) is -2.67. The molecule has 1 rings (SSSR count). The zero-order valence-corrected chi connectivity index (χ0v) is 10.1. The topological polar surface area (TPSA) is 92.8 Å². The number of carboxylic acid groups (broad SMARTS) is 1. The van der Waals surface area contributed by atoms with Crippen LogP contribution >= 0.6 is 15.9 Å². The Hall–Kier alpha value is -1.48. The lowest BCUT2D eigenvalue weighted by molar-refractivity contribution is -0.274. The molecule has 9 heteroatoms. The van der Waals surface area contributed by atoms with Gasteiger partial charge in [0.05, 0.1) is 11.3 Å². The molecule has 0 spiro atoms. The van der Waals surface area contributed by atoms with Crippen LogP contribution in [0.4, 0.5) is 18.9 Å². The molecule has 0 aliphatic heterocycles. The number of carbonyl (C=O) groups is 1. The first kappa shape index (κ1) is 14.6. The van der Waals surface area contributed by atoms with Gasteiger partial charge in [-0.25, -0.2) is 4.79 Å². The highest BCUT2D eigenvalue weighted by molar-refractivity contribution is 9.10. The number of nitrogens with two attached hydrogens (primary N) is 1. The first-order chi connectivity index (χ1) is 8.13. The van der Waals surface area contributed by atoms with E-state index in [2.05, 4.69) is 20.7 Å². The summed E-state index contributed by atoms with van der Waals surface area (Å²) >= 11 is 2.83. The summed E-state index contributed by atoms with van der Waals surface area (Å²) in [7, 11) is 0. The number of nitrogen functional groups attached to an aromatic ring is 1. The lowest BCUT2D eigenvalue weighted by Gasteiger charge is -2.18. The minimum Gasteiger partial charge on any atom is -0.479 e. The van der Waals surface area contributed by atoms with Crippen LogP contribution in [0.3, 0.4) is 0 Å². The second kappa shape index (κ2) is 5.02. The molecule has 100 valence electrons. The number of carboxylic acids is 1. The molecule has 1 aromatic carbocycles. The van der Waals surface area contributed by atoms with E-state index in [1.54, 1.807) is 0 Å². The molecule has 1 unspecified atom stereocenters. The Morgan fingerprint density at radius 2 is 2.00 bits per heavy atom. The number of aliphatic hydroxyl groups is 1. The van der Waals surface area contributed by atoms with Crippen LogP contribution in [-0.2, 0) is 4.79 Å². The van der Waals surface area contributed by atoms with Gasteiger partial charge < -0.3 is 20.7 Å². The average Bonchev–Trinajstić information content (AvgIpc) is 2.21. The van der Waals surface area contributed by atoms with Crippen LogP contribution in [0.15, 0.2) is 16.6 Å². The molecule has 1 aromatic rings. The van der Waals surface area contributed by atoms with Crippen LogP contribution in [0.5, 0.6) is 5.75 Å². The van der Waals surface area contributed by atoms with Gasteiger partial charge in [-0.1, -0.05) is 15.9 Å². The van der Waals surface area contributed by atoms with Gasteiger partial charge in [-0.05, 0) is 12.1 Å². The molecule has 18 heavy (non-hydrogen) atoms. The van der Waals surface area contributed by atoms with Gasteiger partial charge >= 0.3 is 12.3 Å². The number of halogens is 4. The predicted octanol–water partition coefficient (Wildman–Crippen LogP) is 2.05. The maximum absolute atomic E-state index is 12.2. The molecule has 0 bridgehead atoms. The monoisotopic (exact) mass is 329 g/mol. The van der Waals surface area contributed by atoms with Crippen molar-refractivity contribution < 1.29 is 32.9 Å². The van der Waals surface area contributed by atoms with E-state index in [-0.39, 0.29) is 4.47 Å². The van der Waals surface area contributed by atoms with Gasteiger partial charge in [0.15, 0.2) is 11.9 Å². The normalized spacial score (nSPS) is 13.2. The standard InChI is InChI=1S/C9H7BrF3NO4/c10-3-1-2-4(14)7(18-9(11,12)13)5(3)6(15)8(16)17/h1-2,6,15H,14H2,(H,16,17). The maximum atomic E-state index is 12.2. The number of anilines is 1. The second-order valence-corrected chi connectivity index (χ2v) is 4.02. The van der Waals surface area contributed by atoms with Crippen molar-refractivity contribution >= 4 is 27.6 Å². The Bertz CT molecular complexity index is 478. The van der Waals surface area contributed by atoms with Crippen molar-refractivity contribution in [3.8, 4) is 5.75 Å². The van der Waals surface area contributed by atoms with Crippen LogP contribution in [0.2, 0.25) is 0 Å². The molecular weight excluding hydrogens is 323 g/mol. The summed E-state index contributed by atoms with van der Waals surface area (Å²) in [5, 5.41) is 18.0. The van der Waals surface area contributed by atoms with Crippen LogP contribution in [0, 0.1) is 0 Å². The smallest absolute Gasteiger partial charge is 0.479 e. The number of hydrogen-bond donors (Lipinski definition) is 3. The van der Waals surface area contributed by atoms with Gasteiger partial charge in [0.2, 0.25) is 0 Å². The van der Waals surface area contributed by atoms with Crippen molar-refractivity contribution in [2.24, 2.45) is 0 Å². The largest absolute Gasteiger partial charge is 0.573 e. The van der Waals surface area contributed by atoms with E-state index in [1.807, 2.05) is 0 Å². The Morgan fingerprint density at radius 3 is 2.44 bits per heavy atom. The number of benzene rings is 1. The third-order valence-corrected chi connectivity index (χ3v) is 2.59. The zero-order valence-electron chi connectivity index (χ0n) is 8.53. The minimum atomic E-state index is -5.05. The van der Waals surface area contributed by atoms with E-state index < -0.39 is 35.4 Å². The summed E-state index contributed by atoms with van der Waals surface area (Å²) in [4.78, 5) is 10.6. The molecule has 0 heterocycles. The lowest BCUT2D eigenvalue weighted by atomic mass is 10.1. The third-order valence-electron chi connectivity index (χ3n) is 1.90. The molecule has 0 aliphatic carbocycles. The summed E-state index contributed by atoms with van der Waals surface area (Å²) in [5.41, 5.74) is 4.25. The second-order valence-electron chi connectivity index (χ2n) is 3.17. The maximum Gasteiger partial charge on any atom is 0.573 e. The number of aliphatic hydroxyl groups excluding tert-OH is 1. The highest BCUT2D eigenvalue weighted by Crippen LogP contribution is 2.40. The van der Waals surface area contributed by atoms with E-state index in [0.29, 0.717) is 0 Å². The van der Waals surface area contributed by atoms with Gasteiger partial charge in [0, 0.05) is 4.47 Å². The van der Waals surface area contributed by atoms with Crippen LogP contribution < -0.4 is 10.5 Å². The average molecular weight is 330 g/mol. The van der Waals surface area contributed by atoms with Crippen molar-refractivity contribution in [3.05, 3.63) is 22.2 Å². The van der Waals surface area contributed by atoms with Gasteiger partial charge in [-0.2, -0.15) is 0 Å². The zero-order chi connectivity index (χ0) is 14.1. The summed E-state index contributed by atoms with van der Waals surface area (Å²) in [6.07, 6.45) is -7.25. The molecule has 0 saturated carbocycles. The van der Waals surface area contributed by atoms with E-state index in [4.69, 9.17) is 10.8 Å². The molecule has 0 saturated heterocycles. The molecular formula is C9H7BrF3NO4. The van der Waals surface area contributed by atoms with Crippen molar-refractivity contribution in [3.63, 3.8) is 0 Å². The fourth-order valence-electron chi connectivity index (χ4n) is 1.20. The fraction of sp³-hybridized carbons (Fsp3) is 0.222. The van der Waals surface area contributed by atoms with E-state index in [1.165, 1.54) is 6.07 Å². The number of hydrogen-bond acceptors (Lipinski definition) is 4. The quantitative estimate of drug-likeness (QED) is 0.738. The Morgan fingerprint density at radius 1 is 1.44 bits per heavy atom. The van der Waals surface area contributed by atoms with Crippen molar-refractivity contribution in [1.82, 2.24) is 0 Å². The summed E-state index contributed by atoms with van der Waals surface area (Å²) in [6, 6.07) is 2.29. The fourth-order valence-corrected chi connectivity index (χ4v) is 1.73. The van der Waals surface area contributed by atoms with Gasteiger partial charge in [0.1, 0.15) is 0 Å². The molecule has 0 aliphatic rings. The van der Waals surface area contributed by atoms with Crippen molar-refractivity contribution in [1.29, 1.82) is 0 Å². The van der Waals surface area contributed by atoms with Gasteiger partial charge in [0.25, 0.3) is 0 Å². The third kappa shape index (κ3) is 3.26. The lowest BCUT2D eigenvalue weighted by Crippen LogP contribution is -2.21. The number of rotatable bonds is 3.